The first-order valence-electron chi connectivity index (χ1n) is 8.84. The zero-order valence-electron chi connectivity index (χ0n) is 16.9. The third kappa shape index (κ3) is 3.98. The number of rotatable bonds is 4. The van der Waals surface area contributed by atoms with Gasteiger partial charge in [0.05, 0.1) is 24.4 Å². The lowest BCUT2D eigenvalue weighted by atomic mass is 10.1. The Morgan fingerprint density at radius 3 is 2.43 bits per heavy atom. The van der Waals surface area contributed by atoms with Crippen molar-refractivity contribution in [2.24, 2.45) is 0 Å². The summed E-state index contributed by atoms with van der Waals surface area (Å²) in [4.78, 5) is 12.7. The van der Waals surface area contributed by atoms with Gasteiger partial charge in [-0.2, -0.15) is 23.0 Å². The van der Waals surface area contributed by atoms with E-state index in [1.54, 1.807) is 33.8 Å². The van der Waals surface area contributed by atoms with Crippen LogP contribution in [-0.2, 0) is 11.7 Å². The minimum absolute atomic E-state index is 0.238. The van der Waals surface area contributed by atoms with E-state index >= 15 is 0 Å². The molecule has 0 aliphatic carbocycles. The number of hydrogen-bond donors (Lipinski definition) is 1. The highest BCUT2D eigenvalue weighted by atomic mass is 19.4. The van der Waals surface area contributed by atoms with Crippen LogP contribution in [0.4, 0.5) is 18.9 Å². The van der Waals surface area contributed by atoms with Gasteiger partial charge in [0, 0.05) is 5.69 Å². The summed E-state index contributed by atoms with van der Waals surface area (Å²) in [6.45, 7) is 6.38. The molecule has 0 radical (unpaired) electrons. The van der Waals surface area contributed by atoms with E-state index < -0.39 is 28.9 Å². The van der Waals surface area contributed by atoms with Gasteiger partial charge in [0.2, 0.25) is 0 Å². The topological polar surface area (TPSA) is 99.8 Å². The second kappa shape index (κ2) is 7.43. The van der Waals surface area contributed by atoms with Crippen molar-refractivity contribution in [2.75, 3.05) is 12.4 Å². The number of methoxy groups -OCH3 is 1. The van der Waals surface area contributed by atoms with E-state index in [1.165, 1.54) is 23.9 Å². The summed E-state index contributed by atoms with van der Waals surface area (Å²) in [5, 5.41) is 17.5. The number of hydrogen-bond acceptors (Lipinski definition) is 6. The Balaban J connectivity index is 2.00. The molecule has 30 heavy (non-hydrogen) atoms. The van der Waals surface area contributed by atoms with Gasteiger partial charge in [-0.25, -0.2) is 0 Å². The number of ether oxygens (including phenoxy) is 1. The molecule has 160 valence electrons. The highest BCUT2D eigenvalue weighted by Gasteiger charge is 2.42. The summed E-state index contributed by atoms with van der Waals surface area (Å²) in [6.07, 6.45) is -3.84. The molecule has 12 heteroatoms. The van der Waals surface area contributed by atoms with E-state index in [-0.39, 0.29) is 5.69 Å². The predicted molar refractivity (Wildman–Crippen MR) is 101 cm³/mol. The first-order chi connectivity index (χ1) is 13.9. The second-order valence-electron chi connectivity index (χ2n) is 7.47. The number of halogens is 3. The largest absolute Gasteiger partial charge is 0.494 e. The molecule has 0 fully saturated rings. The maximum absolute atomic E-state index is 13.7. The lowest BCUT2D eigenvalue weighted by Crippen LogP contribution is -2.30. The van der Waals surface area contributed by atoms with Gasteiger partial charge >= 0.3 is 6.18 Å². The SMILES string of the molecule is COc1ccc(NC(=O)c2cnn(C(C)(C)C)c2C(F)(F)F)cc1-n1nnnc1C. The van der Waals surface area contributed by atoms with Crippen molar-refractivity contribution < 1.29 is 22.7 Å². The first-order valence-corrected chi connectivity index (χ1v) is 8.84. The molecule has 0 aliphatic heterocycles. The Hall–Kier alpha value is -3.44. The lowest BCUT2D eigenvalue weighted by Gasteiger charge is -2.23. The van der Waals surface area contributed by atoms with Crippen LogP contribution < -0.4 is 10.1 Å². The summed E-state index contributed by atoms with van der Waals surface area (Å²) < 4.78 is 48.5. The molecule has 1 amide bonds. The quantitative estimate of drug-likeness (QED) is 0.692. The molecule has 3 aromatic rings. The molecule has 2 aromatic heterocycles. The molecule has 2 heterocycles. The fraction of sp³-hybridized carbons (Fsp3) is 0.389. The number of tetrazole rings is 1. The smallest absolute Gasteiger partial charge is 0.433 e. The number of amides is 1. The van der Waals surface area contributed by atoms with Crippen molar-refractivity contribution in [3.05, 3.63) is 41.5 Å². The summed E-state index contributed by atoms with van der Waals surface area (Å²) >= 11 is 0. The van der Waals surface area contributed by atoms with Crippen molar-refractivity contribution in [1.82, 2.24) is 30.0 Å². The van der Waals surface area contributed by atoms with E-state index in [0.29, 0.717) is 17.3 Å². The summed E-state index contributed by atoms with van der Waals surface area (Å²) in [5.41, 5.74) is -2.00. The number of carbonyl (C=O) groups excluding carboxylic acids is 1. The average molecular weight is 423 g/mol. The normalized spacial score (nSPS) is 12.1. The fourth-order valence-electron chi connectivity index (χ4n) is 2.88. The zero-order valence-corrected chi connectivity index (χ0v) is 16.9. The highest BCUT2D eigenvalue weighted by Crippen LogP contribution is 2.35. The van der Waals surface area contributed by atoms with Crippen LogP contribution in [0.1, 0.15) is 42.6 Å². The predicted octanol–water partition coefficient (Wildman–Crippen LogP) is 3.20. The molecular formula is C18H20F3N7O2. The van der Waals surface area contributed by atoms with Crippen LogP contribution in [0.15, 0.2) is 24.4 Å². The van der Waals surface area contributed by atoms with Crippen LogP contribution in [0.2, 0.25) is 0 Å². The average Bonchev–Trinajstić information content (AvgIpc) is 3.27. The number of benzene rings is 1. The molecule has 9 nitrogen and oxygen atoms in total. The molecule has 0 bridgehead atoms. The van der Waals surface area contributed by atoms with Gasteiger partial charge in [0.1, 0.15) is 11.4 Å². The van der Waals surface area contributed by atoms with Crippen molar-refractivity contribution in [2.45, 2.75) is 39.4 Å². The monoisotopic (exact) mass is 423 g/mol. The molecule has 0 spiro atoms. The maximum Gasteiger partial charge on any atom is 0.433 e. The van der Waals surface area contributed by atoms with Crippen LogP contribution in [0.3, 0.4) is 0 Å². The van der Waals surface area contributed by atoms with Gasteiger partial charge in [-0.3, -0.25) is 9.48 Å². The molecule has 0 saturated carbocycles. The fourth-order valence-corrected chi connectivity index (χ4v) is 2.88. The van der Waals surface area contributed by atoms with Gasteiger partial charge in [0.25, 0.3) is 5.91 Å². The third-order valence-corrected chi connectivity index (χ3v) is 4.21. The number of alkyl halides is 3. The molecule has 0 aliphatic rings. The Morgan fingerprint density at radius 1 is 1.20 bits per heavy atom. The Kier molecular flexibility index (Phi) is 5.27. The molecule has 1 aromatic carbocycles. The van der Waals surface area contributed by atoms with Crippen LogP contribution in [-0.4, -0.2) is 43.0 Å². The van der Waals surface area contributed by atoms with Gasteiger partial charge < -0.3 is 10.1 Å². The van der Waals surface area contributed by atoms with E-state index in [2.05, 4.69) is 25.9 Å². The molecule has 0 unspecified atom stereocenters. The van der Waals surface area contributed by atoms with Crippen molar-refractivity contribution in [1.29, 1.82) is 0 Å². The Bertz CT molecular complexity index is 1080. The molecular weight excluding hydrogens is 403 g/mol. The van der Waals surface area contributed by atoms with Gasteiger partial charge in [-0.05, 0) is 56.3 Å². The van der Waals surface area contributed by atoms with Crippen molar-refractivity contribution in [3.63, 3.8) is 0 Å². The Labute approximate surface area is 169 Å². The highest BCUT2D eigenvalue weighted by molar-refractivity contribution is 6.05. The number of anilines is 1. The maximum atomic E-state index is 13.7. The molecule has 3 rings (SSSR count). The van der Waals surface area contributed by atoms with Crippen LogP contribution in [0.25, 0.3) is 5.69 Å². The summed E-state index contributed by atoms with van der Waals surface area (Å²) in [5.74, 6) is -0.0649. The van der Waals surface area contributed by atoms with Crippen LogP contribution >= 0.6 is 0 Å². The van der Waals surface area contributed by atoms with E-state index in [4.69, 9.17) is 4.74 Å². The van der Waals surface area contributed by atoms with Gasteiger partial charge in [-0.1, -0.05) is 0 Å². The number of aryl methyl sites for hydroxylation is 1. The summed E-state index contributed by atoms with van der Waals surface area (Å²) in [7, 11) is 1.45. The number of carbonyl (C=O) groups is 1. The van der Waals surface area contributed by atoms with E-state index in [1.807, 2.05) is 0 Å². The minimum atomic E-state index is -4.76. The summed E-state index contributed by atoms with van der Waals surface area (Å²) in [6, 6.07) is 4.55. The van der Waals surface area contributed by atoms with E-state index in [9.17, 15) is 18.0 Å². The van der Waals surface area contributed by atoms with Crippen LogP contribution in [0, 0.1) is 6.92 Å². The number of nitrogens with zero attached hydrogens (tertiary/aromatic N) is 6. The molecule has 1 N–H and O–H groups in total. The number of nitrogens with one attached hydrogen (secondary N) is 1. The lowest BCUT2D eigenvalue weighted by molar-refractivity contribution is -0.146. The molecule has 0 atom stereocenters. The third-order valence-electron chi connectivity index (χ3n) is 4.21. The minimum Gasteiger partial charge on any atom is -0.494 e. The zero-order chi connectivity index (χ0) is 22.3. The van der Waals surface area contributed by atoms with Gasteiger partial charge in [-0.15, -0.1) is 5.10 Å². The van der Waals surface area contributed by atoms with Gasteiger partial charge in [0.15, 0.2) is 11.5 Å². The van der Waals surface area contributed by atoms with Crippen molar-refractivity contribution >= 4 is 11.6 Å². The standard InChI is InChI=1S/C18H20F3N7O2/c1-10-24-25-26-27(10)13-8-11(6-7-14(13)30-5)23-16(29)12-9-22-28(17(2,3)4)15(12)18(19,20)21/h6-9H,1-5H3,(H,23,29). The van der Waals surface area contributed by atoms with Crippen LogP contribution in [0.5, 0.6) is 5.75 Å². The molecule has 0 saturated heterocycles. The second-order valence-corrected chi connectivity index (χ2v) is 7.47. The van der Waals surface area contributed by atoms with Crippen molar-refractivity contribution in [3.8, 4) is 11.4 Å². The number of aromatic nitrogens is 6. The Morgan fingerprint density at radius 2 is 1.90 bits per heavy atom. The van der Waals surface area contributed by atoms with E-state index in [0.717, 1.165) is 10.9 Å². The first kappa shape index (κ1) is 21.3.